The van der Waals surface area contributed by atoms with Crippen LogP contribution >= 0.6 is 0 Å². The van der Waals surface area contributed by atoms with Gasteiger partial charge in [-0.05, 0) is 37.3 Å². The van der Waals surface area contributed by atoms with E-state index >= 15 is 0 Å². The van der Waals surface area contributed by atoms with Gasteiger partial charge in [-0.15, -0.1) is 10.2 Å². The molecule has 1 saturated carbocycles. The monoisotopic (exact) mass is 298 g/mol. The third-order valence-corrected chi connectivity index (χ3v) is 4.94. The number of fused-ring (bicyclic) bond motifs is 2. The van der Waals surface area contributed by atoms with Gasteiger partial charge in [-0.3, -0.25) is 4.79 Å². The minimum Gasteiger partial charge on any atom is -0.452 e. The number of rotatable bonds is 3. The number of carbonyl (C=O) groups is 1. The molecule has 2 aliphatic rings. The zero-order valence-corrected chi connectivity index (χ0v) is 12.7. The molecule has 1 heterocycles. The van der Waals surface area contributed by atoms with Gasteiger partial charge >= 0.3 is 5.97 Å². The van der Waals surface area contributed by atoms with E-state index in [1.807, 2.05) is 0 Å². The number of aromatic nitrogens is 2. The summed E-state index contributed by atoms with van der Waals surface area (Å²) in [6.07, 6.45) is 2.49. The summed E-state index contributed by atoms with van der Waals surface area (Å²) in [5.74, 6) is 0.639. The quantitative estimate of drug-likeness (QED) is 0.815. The van der Waals surface area contributed by atoms with Gasteiger partial charge in [0.15, 0.2) is 6.10 Å². The Kier molecular flexibility index (Phi) is 2.86. The van der Waals surface area contributed by atoms with E-state index in [2.05, 4.69) is 34.5 Å². The number of ether oxygens (including phenoxy) is 1. The maximum atomic E-state index is 12.5. The van der Waals surface area contributed by atoms with Gasteiger partial charge in [0.25, 0.3) is 5.89 Å². The Balaban J connectivity index is 1.48. The second kappa shape index (κ2) is 4.66. The van der Waals surface area contributed by atoms with Crippen molar-refractivity contribution in [3.8, 4) is 0 Å². The fourth-order valence-electron chi connectivity index (χ4n) is 3.69. The maximum Gasteiger partial charge on any atom is 0.310 e. The molecule has 1 spiro atoms. The normalized spacial score (nSPS) is 26.7. The van der Waals surface area contributed by atoms with Crippen molar-refractivity contribution in [3.63, 3.8) is 0 Å². The minimum absolute atomic E-state index is 0.0121. The van der Waals surface area contributed by atoms with Crippen molar-refractivity contribution in [3.05, 3.63) is 47.2 Å². The highest BCUT2D eigenvalue weighted by molar-refractivity contribution is 5.80. The molecular weight excluding hydrogens is 280 g/mol. The first-order chi connectivity index (χ1) is 10.6. The van der Waals surface area contributed by atoms with E-state index in [1.165, 1.54) is 11.1 Å². The van der Waals surface area contributed by atoms with E-state index in [0.717, 1.165) is 19.3 Å². The molecular formula is C17H18N2O3. The summed E-state index contributed by atoms with van der Waals surface area (Å²) in [5, 5.41) is 7.68. The van der Waals surface area contributed by atoms with Crippen LogP contribution in [0.15, 0.2) is 28.7 Å². The molecule has 0 radical (unpaired) electrons. The van der Waals surface area contributed by atoms with E-state index in [9.17, 15) is 4.79 Å². The highest BCUT2D eigenvalue weighted by Crippen LogP contribution is 2.62. The number of nitrogens with zero attached hydrogens (tertiary/aromatic N) is 2. The first kappa shape index (κ1) is 13.5. The molecule has 0 bridgehead atoms. The van der Waals surface area contributed by atoms with Gasteiger partial charge in [0.2, 0.25) is 5.89 Å². The number of hydrogen-bond donors (Lipinski definition) is 0. The van der Waals surface area contributed by atoms with Gasteiger partial charge in [-0.1, -0.05) is 24.3 Å². The molecule has 0 aliphatic heterocycles. The molecule has 5 nitrogen and oxygen atoms in total. The average Bonchev–Trinajstić information content (AvgIpc) is 2.89. The lowest BCUT2D eigenvalue weighted by molar-refractivity contribution is -0.151. The summed E-state index contributed by atoms with van der Waals surface area (Å²) in [5.41, 5.74) is 2.72. The van der Waals surface area contributed by atoms with Gasteiger partial charge in [0, 0.05) is 12.3 Å². The second-order valence-electron chi connectivity index (χ2n) is 6.31. The summed E-state index contributed by atoms with van der Waals surface area (Å²) in [6.45, 7) is 3.49. The van der Waals surface area contributed by atoms with Gasteiger partial charge in [-0.25, -0.2) is 0 Å². The van der Waals surface area contributed by atoms with Gasteiger partial charge in [0.05, 0.1) is 5.92 Å². The minimum atomic E-state index is -0.497. The van der Waals surface area contributed by atoms with Gasteiger partial charge < -0.3 is 9.15 Å². The Morgan fingerprint density at radius 2 is 2.23 bits per heavy atom. The van der Waals surface area contributed by atoms with Crippen molar-refractivity contribution in [2.45, 2.75) is 44.6 Å². The molecule has 3 atom stereocenters. The van der Waals surface area contributed by atoms with Crippen LogP contribution < -0.4 is 0 Å². The summed E-state index contributed by atoms with van der Waals surface area (Å²) in [4.78, 5) is 12.5. The molecule has 5 heteroatoms. The standard InChI is InChI=1S/C17H18N2O3/c1-10(15-19-18-11(2)22-15)21-16(20)14-9-17(14)8-7-12-5-3-4-6-13(12)17/h3-6,10,14H,7-9H2,1-2H3/t10-,14-,17-/m0/s1. The molecule has 4 rings (SSSR count). The van der Waals surface area contributed by atoms with Crippen molar-refractivity contribution in [1.29, 1.82) is 0 Å². The molecule has 114 valence electrons. The van der Waals surface area contributed by atoms with Crippen LogP contribution in [0.25, 0.3) is 0 Å². The van der Waals surface area contributed by atoms with Crippen molar-refractivity contribution >= 4 is 5.97 Å². The van der Waals surface area contributed by atoms with E-state index in [1.54, 1.807) is 13.8 Å². The number of benzene rings is 1. The van der Waals surface area contributed by atoms with E-state index < -0.39 is 6.10 Å². The van der Waals surface area contributed by atoms with Crippen LogP contribution in [0.1, 0.15) is 48.8 Å². The van der Waals surface area contributed by atoms with E-state index in [4.69, 9.17) is 9.15 Å². The molecule has 2 aromatic rings. The molecule has 1 fully saturated rings. The van der Waals surface area contributed by atoms with Crippen molar-refractivity contribution in [2.75, 3.05) is 0 Å². The molecule has 22 heavy (non-hydrogen) atoms. The van der Waals surface area contributed by atoms with Crippen molar-refractivity contribution < 1.29 is 13.9 Å². The third-order valence-electron chi connectivity index (χ3n) is 4.94. The molecule has 0 amide bonds. The SMILES string of the molecule is Cc1nnc([C@H](C)OC(=O)[C@@H]2C[C@]23CCc2ccccc23)o1. The fraction of sp³-hybridized carbons (Fsp3) is 0.471. The third kappa shape index (κ3) is 1.95. The summed E-state index contributed by atoms with van der Waals surface area (Å²) < 4.78 is 10.9. The highest BCUT2D eigenvalue weighted by atomic mass is 16.6. The Morgan fingerprint density at radius 1 is 1.41 bits per heavy atom. The summed E-state index contributed by atoms with van der Waals surface area (Å²) in [7, 11) is 0. The lowest BCUT2D eigenvalue weighted by atomic mass is 9.95. The fourth-order valence-corrected chi connectivity index (χ4v) is 3.69. The smallest absolute Gasteiger partial charge is 0.310 e. The number of aryl methyl sites for hydroxylation is 2. The van der Waals surface area contributed by atoms with Crippen LogP contribution in [0, 0.1) is 12.8 Å². The number of esters is 1. The van der Waals surface area contributed by atoms with E-state index in [0.29, 0.717) is 11.8 Å². The van der Waals surface area contributed by atoms with Crippen LogP contribution in [0.2, 0.25) is 0 Å². The van der Waals surface area contributed by atoms with Crippen LogP contribution in [0.5, 0.6) is 0 Å². The predicted octanol–water partition coefficient (Wildman–Crippen LogP) is 2.89. The molecule has 0 saturated heterocycles. The summed E-state index contributed by atoms with van der Waals surface area (Å²) >= 11 is 0. The highest BCUT2D eigenvalue weighted by Gasteiger charge is 2.62. The zero-order valence-electron chi connectivity index (χ0n) is 12.7. The molecule has 1 aromatic heterocycles. The second-order valence-corrected chi connectivity index (χ2v) is 6.31. The lowest BCUT2D eigenvalue weighted by Gasteiger charge is -2.13. The summed E-state index contributed by atoms with van der Waals surface area (Å²) in [6, 6.07) is 8.43. The van der Waals surface area contributed by atoms with Gasteiger partial charge in [-0.2, -0.15) is 0 Å². The Labute approximate surface area is 128 Å². The van der Waals surface area contributed by atoms with Crippen molar-refractivity contribution in [2.24, 2.45) is 5.92 Å². The zero-order chi connectivity index (χ0) is 15.3. The van der Waals surface area contributed by atoms with Crippen LogP contribution in [0.3, 0.4) is 0 Å². The van der Waals surface area contributed by atoms with Gasteiger partial charge in [0.1, 0.15) is 0 Å². The van der Waals surface area contributed by atoms with Crippen LogP contribution in [0.4, 0.5) is 0 Å². The first-order valence-corrected chi connectivity index (χ1v) is 7.69. The molecule has 1 aromatic carbocycles. The molecule has 0 N–H and O–H groups in total. The largest absolute Gasteiger partial charge is 0.452 e. The lowest BCUT2D eigenvalue weighted by Crippen LogP contribution is -2.17. The van der Waals surface area contributed by atoms with Crippen LogP contribution in [-0.2, 0) is 21.4 Å². The van der Waals surface area contributed by atoms with Crippen molar-refractivity contribution in [1.82, 2.24) is 10.2 Å². The Morgan fingerprint density at radius 3 is 3.00 bits per heavy atom. The topological polar surface area (TPSA) is 65.2 Å². The average molecular weight is 298 g/mol. The number of hydrogen-bond acceptors (Lipinski definition) is 5. The van der Waals surface area contributed by atoms with Crippen LogP contribution in [-0.4, -0.2) is 16.2 Å². The first-order valence-electron chi connectivity index (χ1n) is 7.69. The molecule has 2 aliphatic carbocycles. The Bertz CT molecular complexity index is 739. The number of carbonyl (C=O) groups excluding carboxylic acids is 1. The molecule has 0 unspecified atom stereocenters. The maximum absolute atomic E-state index is 12.5. The van der Waals surface area contributed by atoms with E-state index in [-0.39, 0.29) is 17.3 Å². The Hall–Kier alpha value is -2.17. The predicted molar refractivity (Wildman–Crippen MR) is 78.1 cm³/mol.